The number of hydrogen-bond donors (Lipinski definition) is 2. The maximum absolute atomic E-state index is 5.93. The van der Waals surface area contributed by atoms with Gasteiger partial charge in [-0.05, 0) is 64.3 Å². The first-order valence-electron chi connectivity index (χ1n) is 10.4. The van der Waals surface area contributed by atoms with E-state index in [4.69, 9.17) is 9.15 Å². The van der Waals surface area contributed by atoms with Crippen molar-refractivity contribution in [2.24, 2.45) is 10.9 Å². The van der Waals surface area contributed by atoms with E-state index in [0.29, 0.717) is 5.92 Å². The van der Waals surface area contributed by atoms with Gasteiger partial charge in [-0.1, -0.05) is 13.8 Å². The first kappa shape index (κ1) is 21.8. The number of guanidine groups is 1. The Morgan fingerprint density at radius 3 is 2.56 bits per heavy atom. The first-order valence-corrected chi connectivity index (χ1v) is 10.4. The van der Waals surface area contributed by atoms with Crippen molar-refractivity contribution in [2.75, 3.05) is 39.8 Å². The number of likely N-dealkylation sites (tertiary alicyclic amines) is 1. The van der Waals surface area contributed by atoms with Gasteiger partial charge in [0.05, 0.1) is 12.1 Å². The van der Waals surface area contributed by atoms with Crippen molar-refractivity contribution in [1.82, 2.24) is 15.5 Å². The molecule has 27 heavy (non-hydrogen) atoms. The number of hydrogen-bond acceptors (Lipinski definition) is 4. The fraction of sp³-hybridized carbons (Fsp3) is 0.762. The van der Waals surface area contributed by atoms with Gasteiger partial charge in [0.25, 0.3) is 0 Å². The third kappa shape index (κ3) is 6.85. The summed E-state index contributed by atoms with van der Waals surface area (Å²) < 4.78 is 11.8. The zero-order chi connectivity index (χ0) is 19.6. The van der Waals surface area contributed by atoms with E-state index >= 15 is 0 Å². The van der Waals surface area contributed by atoms with Crippen molar-refractivity contribution in [3.05, 3.63) is 23.7 Å². The van der Waals surface area contributed by atoms with Crippen molar-refractivity contribution < 1.29 is 9.15 Å². The monoisotopic (exact) mass is 378 g/mol. The van der Waals surface area contributed by atoms with Crippen LogP contribution in [0.25, 0.3) is 0 Å². The van der Waals surface area contributed by atoms with Crippen LogP contribution < -0.4 is 10.6 Å². The molecule has 2 rings (SSSR count). The SMILES string of the molecule is CCOC(CCNC(=NC)NCC(c1ccc(C)o1)N1CCCC1)C(C)C. The number of rotatable bonds is 10. The highest BCUT2D eigenvalue weighted by atomic mass is 16.5. The zero-order valence-electron chi connectivity index (χ0n) is 17.8. The van der Waals surface area contributed by atoms with E-state index in [1.54, 1.807) is 0 Å². The van der Waals surface area contributed by atoms with Gasteiger partial charge in [0, 0.05) is 26.7 Å². The third-order valence-electron chi connectivity index (χ3n) is 5.20. The Labute approximate surface area is 164 Å². The minimum absolute atomic E-state index is 0.242. The Morgan fingerprint density at radius 1 is 1.26 bits per heavy atom. The van der Waals surface area contributed by atoms with Gasteiger partial charge < -0.3 is 19.8 Å². The maximum Gasteiger partial charge on any atom is 0.191 e. The van der Waals surface area contributed by atoms with Gasteiger partial charge >= 0.3 is 0 Å². The van der Waals surface area contributed by atoms with Gasteiger partial charge in [0.2, 0.25) is 0 Å². The molecule has 2 unspecified atom stereocenters. The van der Waals surface area contributed by atoms with Crippen LogP contribution in [0.4, 0.5) is 0 Å². The summed E-state index contributed by atoms with van der Waals surface area (Å²) in [4.78, 5) is 6.88. The first-order chi connectivity index (χ1) is 13.0. The van der Waals surface area contributed by atoms with E-state index in [0.717, 1.165) is 56.7 Å². The molecule has 1 aromatic heterocycles. The van der Waals surface area contributed by atoms with Crippen molar-refractivity contribution in [2.45, 2.75) is 59.1 Å². The van der Waals surface area contributed by atoms with E-state index in [1.807, 2.05) is 20.0 Å². The third-order valence-corrected chi connectivity index (χ3v) is 5.20. The van der Waals surface area contributed by atoms with Crippen LogP contribution in [-0.4, -0.2) is 56.8 Å². The Hall–Kier alpha value is -1.53. The second-order valence-corrected chi connectivity index (χ2v) is 7.61. The highest BCUT2D eigenvalue weighted by Crippen LogP contribution is 2.26. The molecule has 1 fully saturated rings. The average Bonchev–Trinajstić information content (AvgIpc) is 3.31. The maximum atomic E-state index is 5.93. The molecular formula is C21H38N4O2. The second kappa shape index (κ2) is 11.3. The Morgan fingerprint density at radius 2 is 2.00 bits per heavy atom. The summed E-state index contributed by atoms with van der Waals surface area (Å²) in [7, 11) is 1.82. The lowest BCUT2D eigenvalue weighted by atomic mass is 10.0. The molecule has 2 atom stereocenters. The molecule has 0 aromatic carbocycles. The predicted molar refractivity (Wildman–Crippen MR) is 111 cm³/mol. The summed E-state index contributed by atoms with van der Waals surface area (Å²) in [5, 5.41) is 6.91. The molecule has 2 N–H and O–H groups in total. The van der Waals surface area contributed by atoms with Gasteiger partial charge in [-0.2, -0.15) is 0 Å². The largest absolute Gasteiger partial charge is 0.465 e. The normalized spacial score (nSPS) is 18.1. The minimum atomic E-state index is 0.242. The van der Waals surface area contributed by atoms with Crippen LogP contribution in [0.2, 0.25) is 0 Å². The molecule has 0 bridgehead atoms. The van der Waals surface area contributed by atoms with E-state index in [1.165, 1.54) is 12.8 Å². The highest BCUT2D eigenvalue weighted by molar-refractivity contribution is 5.79. The second-order valence-electron chi connectivity index (χ2n) is 7.61. The van der Waals surface area contributed by atoms with Crippen LogP contribution in [0.15, 0.2) is 21.5 Å². The number of aliphatic imine (C=N–C) groups is 1. The molecule has 1 saturated heterocycles. The van der Waals surface area contributed by atoms with E-state index in [-0.39, 0.29) is 12.1 Å². The zero-order valence-corrected chi connectivity index (χ0v) is 17.8. The van der Waals surface area contributed by atoms with Crippen LogP contribution in [0.5, 0.6) is 0 Å². The lowest BCUT2D eigenvalue weighted by Crippen LogP contribution is -2.43. The van der Waals surface area contributed by atoms with Crippen molar-refractivity contribution in [3.8, 4) is 0 Å². The summed E-state index contributed by atoms with van der Waals surface area (Å²) in [5.74, 6) is 3.35. The number of aryl methyl sites for hydroxylation is 1. The van der Waals surface area contributed by atoms with Crippen LogP contribution in [0.3, 0.4) is 0 Å². The van der Waals surface area contributed by atoms with Crippen LogP contribution in [0, 0.1) is 12.8 Å². The smallest absolute Gasteiger partial charge is 0.191 e. The Bertz CT molecular complexity index is 564. The molecule has 1 aromatic rings. The summed E-state index contributed by atoms with van der Waals surface area (Å²) in [6.45, 7) is 13.1. The number of ether oxygens (including phenoxy) is 1. The summed E-state index contributed by atoms with van der Waals surface area (Å²) in [6.07, 6.45) is 3.78. The van der Waals surface area contributed by atoms with Crippen molar-refractivity contribution >= 4 is 5.96 Å². The molecular weight excluding hydrogens is 340 g/mol. The molecule has 0 amide bonds. The molecule has 0 aliphatic carbocycles. The fourth-order valence-electron chi connectivity index (χ4n) is 3.67. The Kier molecular flexibility index (Phi) is 9.15. The van der Waals surface area contributed by atoms with Crippen LogP contribution >= 0.6 is 0 Å². The molecule has 2 heterocycles. The molecule has 6 nitrogen and oxygen atoms in total. The van der Waals surface area contributed by atoms with Crippen molar-refractivity contribution in [1.29, 1.82) is 0 Å². The molecule has 154 valence electrons. The van der Waals surface area contributed by atoms with Gasteiger partial charge in [-0.3, -0.25) is 9.89 Å². The lowest BCUT2D eigenvalue weighted by molar-refractivity contribution is 0.0258. The molecule has 0 saturated carbocycles. The van der Waals surface area contributed by atoms with Gasteiger partial charge in [-0.25, -0.2) is 0 Å². The fourth-order valence-corrected chi connectivity index (χ4v) is 3.67. The molecule has 1 aliphatic heterocycles. The summed E-state index contributed by atoms with van der Waals surface area (Å²) in [5.41, 5.74) is 0. The van der Waals surface area contributed by atoms with Gasteiger partial charge in [0.1, 0.15) is 11.5 Å². The molecule has 0 radical (unpaired) electrons. The van der Waals surface area contributed by atoms with Crippen LogP contribution in [0.1, 0.15) is 57.6 Å². The van der Waals surface area contributed by atoms with Gasteiger partial charge in [-0.15, -0.1) is 0 Å². The lowest BCUT2D eigenvalue weighted by Gasteiger charge is -2.27. The standard InChI is InChI=1S/C21H38N4O2/c1-6-26-19(16(2)3)11-12-23-21(22-5)24-15-18(25-13-7-8-14-25)20-10-9-17(4)27-20/h9-10,16,18-19H,6-8,11-15H2,1-5H3,(H2,22,23,24). The van der Waals surface area contributed by atoms with Gasteiger partial charge in [0.15, 0.2) is 5.96 Å². The average molecular weight is 379 g/mol. The molecule has 1 aliphatic rings. The topological polar surface area (TPSA) is 62.0 Å². The molecule has 0 spiro atoms. The van der Waals surface area contributed by atoms with E-state index < -0.39 is 0 Å². The van der Waals surface area contributed by atoms with E-state index in [9.17, 15) is 0 Å². The predicted octanol–water partition coefficient (Wildman–Crippen LogP) is 3.34. The van der Waals surface area contributed by atoms with Crippen LogP contribution in [-0.2, 0) is 4.74 Å². The molecule has 6 heteroatoms. The summed E-state index contributed by atoms with van der Waals surface area (Å²) in [6, 6.07) is 4.39. The van der Waals surface area contributed by atoms with Crippen molar-refractivity contribution in [3.63, 3.8) is 0 Å². The highest BCUT2D eigenvalue weighted by Gasteiger charge is 2.26. The number of nitrogens with one attached hydrogen (secondary N) is 2. The van der Waals surface area contributed by atoms with E-state index in [2.05, 4.69) is 47.4 Å². The minimum Gasteiger partial charge on any atom is -0.465 e. The Balaban J connectivity index is 1.86. The number of nitrogens with zero attached hydrogens (tertiary/aromatic N) is 2. The quantitative estimate of drug-likeness (QED) is 0.483. The number of furan rings is 1. The summed E-state index contributed by atoms with van der Waals surface area (Å²) >= 11 is 0.